The maximum Gasteiger partial charge on any atom is 0.148 e. The maximum atomic E-state index is 12.8. The predicted molar refractivity (Wildman–Crippen MR) is 268 cm³/mol. The first-order valence-electron chi connectivity index (χ1n) is 22.5. The molecule has 0 atom stereocenters. The van der Waals surface area contributed by atoms with Crippen molar-refractivity contribution in [2.75, 3.05) is 0 Å². The molecule has 64 heavy (non-hydrogen) atoms. The average Bonchev–Trinajstić information content (AvgIpc) is 3.78. The van der Waals surface area contributed by atoms with Gasteiger partial charge >= 0.3 is 0 Å². The van der Waals surface area contributed by atoms with Gasteiger partial charge in [-0.1, -0.05) is 177 Å². The van der Waals surface area contributed by atoms with Crippen molar-refractivity contribution in [2.45, 2.75) is 104 Å². The van der Waals surface area contributed by atoms with E-state index in [-0.39, 0.29) is 37.3 Å². The fourth-order valence-electron chi connectivity index (χ4n) is 9.59. The molecule has 0 spiro atoms. The zero-order chi connectivity index (χ0) is 44.6. The van der Waals surface area contributed by atoms with Crippen LogP contribution in [0, 0.1) is 6.07 Å². The molecule has 2 aromatic heterocycles. The van der Waals surface area contributed by atoms with Gasteiger partial charge in [-0.15, -0.1) is 29.3 Å². The quantitative estimate of drug-likeness (QED) is 0.133. The van der Waals surface area contributed by atoms with Gasteiger partial charge in [-0.3, -0.25) is 9.55 Å². The first-order chi connectivity index (χ1) is 29.8. The Balaban J connectivity index is 0.00000560. The molecule has 8 aromatic rings. The monoisotopic (exact) mass is 1040 g/mol. The molecule has 328 valence electrons. The van der Waals surface area contributed by atoms with E-state index < -0.39 is 8.07 Å². The zero-order valence-electron chi connectivity index (χ0n) is 39.2. The molecule has 6 aromatic carbocycles. The summed E-state index contributed by atoms with van der Waals surface area (Å²) in [5.74, 6) is 1.08. The molecular weight excluding hydrogens is 978 g/mol. The van der Waals surface area contributed by atoms with Crippen LogP contribution in [0.1, 0.15) is 84.6 Å². The van der Waals surface area contributed by atoms with Crippen molar-refractivity contribution in [3.05, 3.63) is 162 Å². The number of pyridine rings is 1. The van der Waals surface area contributed by atoms with Gasteiger partial charge in [0.15, 0.2) is 0 Å². The number of rotatable bonds is 6. The van der Waals surface area contributed by atoms with Crippen molar-refractivity contribution in [1.82, 2.24) is 14.5 Å². The number of fused-ring (bicyclic) bond motifs is 2. The maximum absolute atomic E-state index is 12.8. The van der Waals surface area contributed by atoms with Crippen LogP contribution in [-0.4, -0.2) is 27.7 Å². The average molecular weight is 1040 g/mol. The van der Waals surface area contributed by atoms with Crippen molar-refractivity contribution < 1.29 is 26.2 Å². The third-order valence-electron chi connectivity index (χ3n) is 13.2. The van der Waals surface area contributed by atoms with Gasteiger partial charge in [-0.2, -0.15) is 0 Å². The second-order valence-corrected chi connectivity index (χ2v) is 26.1. The first-order valence-corrected chi connectivity index (χ1v) is 25.7. The minimum absolute atomic E-state index is 0. The second kappa shape index (κ2) is 16.6. The number of imidazole rings is 1. The van der Waals surface area contributed by atoms with E-state index in [9.17, 15) is 5.11 Å². The Morgan fingerprint density at radius 2 is 1.27 bits per heavy atom. The molecule has 0 saturated carbocycles. The van der Waals surface area contributed by atoms with Gasteiger partial charge in [0.25, 0.3) is 0 Å². The summed E-state index contributed by atoms with van der Waals surface area (Å²) < 4.78 is 2.32. The molecule has 1 aliphatic heterocycles. The van der Waals surface area contributed by atoms with Crippen molar-refractivity contribution in [1.29, 1.82) is 0 Å². The Morgan fingerprint density at radius 3 is 1.92 bits per heavy atom. The number of hydrogen-bond acceptors (Lipinski definition) is 3. The van der Waals surface area contributed by atoms with Crippen molar-refractivity contribution >= 4 is 24.3 Å². The van der Waals surface area contributed by atoms with Crippen LogP contribution in [0.4, 0.5) is 0 Å². The van der Waals surface area contributed by atoms with Gasteiger partial charge < -0.3 is 5.11 Å². The van der Waals surface area contributed by atoms with Crippen LogP contribution in [0.15, 0.2) is 134 Å². The van der Waals surface area contributed by atoms with Crippen LogP contribution in [0.3, 0.4) is 0 Å². The molecule has 4 nitrogen and oxygen atoms in total. The van der Waals surface area contributed by atoms with Gasteiger partial charge in [0, 0.05) is 44.1 Å². The summed E-state index contributed by atoms with van der Waals surface area (Å²) in [7, 11) is -1.80. The molecule has 0 unspecified atom stereocenters. The fourth-order valence-corrected chi connectivity index (χ4v) is 12.3. The number of aromatic nitrogens is 3. The molecule has 3 heterocycles. The van der Waals surface area contributed by atoms with E-state index in [1.165, 1.54) is 27.9 Å². The predicted octanol–water partition coefficient (Wildman–Crippen LogP) is 14.6. The van der Waals surface area contributed by atoms with Crippen LogP contribution in [0.2, 0.25) is 19.1 Å². The van der Waals surface area contributed by atoms with Crippen molar-refractivity contribution in [3.8, 4) is 67.5 Å². The molecule has 0 radical (unpaired) electrons. The molecule has 0 amide bonds. The normalized spacial score (nSPS) is 13.8. The Bertz CT molecular complexity index is 3040. The molecule has 1 aliphatic rings. The minimum atomic E-state index is -1.80. The summed E-state index contributed by atoms with van der Waals surface area (Å²) >= 11 is 0. The molecule has 0 aliphatic carbocycles. The SMILES string of the molecule is CC(C)(C)c1cc(-c2cc(-c3ccccc3)ccn2)[c-]c(-c2cccc3c2nc(-c2cc4c(c(C(C)(C)C)c2O)CC[Si]4(C)C)n3-c2ccc(C(C)(C)C)cc2-c2ccccc2)c1.[Pt]. The van der Waals surface area contributed by atoms with E-state index >= 15 is 0 Å². The first kappa shape index (κ1) is 45.2. The summed E-state index contributed by atoms with van der Waals surface area (Å²) in [5.41, 5.74) is 16.3. The van der Waals surface area contributed by atoms with E-state index in [4.69, 9.17) is 9.97 Å². The van der Waals surface area contributed by atoms with E-state index in [1.807, 2.05) is 12.3 Å². The number of aromatic hydroxyl groups is 1. The molecular formula is C58H60N3OPtSi-. The van der Waals surface area contributed by atoms with Crippen LogP contribution in [-0.2, 0) is 43.7 Å². The van der Waals surface area contributed by atoms with Crippen LogP contribution >= 0.6 is 0 Å². The number of nitrogens with zero attached hydrogens (tertiary/aromatic N) is 3. The largest absolute Gasteiger partial charge is 0.507 e. The smallest absolute Gasteiger partial charge is 0.148 e. The van der Waals surface area contributed by atoms with Crippen LogP contribution < -0.4 is 5.19 Å². The summed E-state index contributed by atoms with van der Waals surface area (Å²) in [5, 5.41) is 14.2. The standard InChI is InChI=1S/C58H60N3OSi.Pt/c1-56(2,3)42-25-26-49(46(35-42)38-21-16-13-17-22-38)61-50-24-18-23-44(53(50)60-55(61)47-36-51-45(28-30-63(51,10)11)52(54(47)62)58(7,8)9)40-31-41(33-43(32-40)57(4,5)6)48-34-39(27-29-59-48)37-19-14-12-15-20-37;/h12-27,29,32-36,62H,28,30H2,1-11H3;/q-1;. The fraction of sp³-hybridized carbons (Fsp3) is 0.276. The van der Waals surface area contributed by atoms with Gasteiger partial charge in [-0.25, -0.2) is 4.98 Å². The van der Waals surface area contributed by atoms with Gasteiger partial charge in [0.1, 0.15) is 11.6 Å². The number of phenolic OH excluding ortho intramolecular Hbond substituents is 1. The van der Waals surface area contributed by atoms with Crippen LogP contribution in [0.25, 0.3) is 72.7 Å². The van der Waals surface area contributed by atoms with E-state index in [0.717, 1.165) is 84.7 Å². The Hall–Kier alpha value is -5.35. The molecule has 6 heteroatoms. The zero-order valence-corrected chi connectivity index (χ0v) is 42.5. The summed E-state index contributed by atoms with van der Waals surface area (Å²) in [4.78, 5) is 10.6. The molecule has 0 saturated heterocycles. The van der Waals surface area contributed by atoms with Gasteiger partial charge in [0.05, 0.1) is 30.4 Å². The summed E-state index contributed by atoms with van der Waals surface area (Å²) in [6, 6.07) is 50.7. The second-order valence-electron chi connectivity index (χ2n) is 21.3. The Labute approximate surface area is 396 Å². The van der Waals surface area contributed by atoms with E-state index in [1.54, 1.807) is 0 Å². The number of benzene rings is 6. The molecule has 9 rings (SSSR count). The van der Waals surface area contributed by atoms with E-state index in [0.29, 0.717) is 5.75 Å². The number of phenols is 1. The van der Waals surface area contributed by atoms with Crippen molar-refractivity contribution in [3.63, 3.8) is 0 Å². The third kappa shape index (κ3) is 8.27. The molecule has 1 N–H and O–H groups in total. The Kier molecular flexibility index (Phi) is 11.7. The Morgan fingerprint density at radius 1 is 0.609 bits per heavy atom. The summed E-state index contributed by atoms with van der Waals surface area (Å²) in [6.07, 6.45) is 2.91. The van der Waals surface area contributed by atoms with Gasteiger partial charge in [-0.05, 0) is 86.9 Å². The minimum Gasteiger partial charge on any atom is -0.507 e. The topological polar surface area (TPSA) is 50.9 Å². The number of hydrogen-bond donors (Lipinski definition) is 1. The van der Waals surface area contributed by atoms with Gasteiger partial charge in [0.2, 0.25) is 0 Å². The van der Waals surface area contributed by atoms with E-state index in [2.05, 4.69) is 207 Å². The summed E-state index contributed by atoms with van der Waals surface area (Å²) in [6.45, 7) is 25.3. The van der Waals surface area contributed by atoms with Crippen molar-refractivity contribution in [2.24, 2.45) is 0 Å². The molecule has 0 fully saturated rings. The van der Waals surface area contributed by atoms with Crippen LogP contribution in [0.5, 0.6) is 5.75 Å². The number of para-hydroxylation sites is 1. The molecule has 0 bridgehead atoms. The third-order valence-corrected chi connectivity index (χ3v) is 16.6.